The van der Waals surface area contributed by atoms with Crippen LogP contribution in [0.3, 0.4) is 0 Å². The van der Waals surface area contributed by atoms with Gasteiger partial charge >= 0.3 is 0 Å². The summed E-state index contributed by atoms with van der Waals surface area (Å²) in [6, 6.07) is 48.1. The van der Waals surface area contributed by atoms with E-state index in [0.717, 1.165) is 34.5 Å². The second-order valence-corrected chi connectivity index (χ2v) is 13.2. The van der Waals surface area contributed by atoms with Crippen LogP contribution in [0.2, 0.25) is 0 Å². The molecule has 0 saturated carbocycles. The average Bonchev–Trinajstić information content (AvgIpc) is 3.48. The van der Waals surface area contributed by atoms with Crippen LogP contribution < -0.4 is 15.9 Å². The molecule has 0 bridgehead atoms. The molecule has 50 heavy (non-hydrogen) atoms. The third-order valence-corrected chi connectivity index (χ3v) is 9.72. The fraction of sp³-hybridized carbons (Fsp3) is 0.0833. The summed E-state index contributed by atoms with van der Waals surface area (Å²) in [5.41, 5.74) is 11.2. The summed E-state index contributed by atoms with van der Waals surface area (Å²) in [6.07, 6.45) is 14.1. The van der Waals surface area contributed by atoms with Gasteiger partial charge in [-0.1, -0.05) is 135 Å². The van der Waals surface area contributed by atoms with Crippen LogP contribution in [0.25, 0.3) is 67.3 Å². The van der Waals surface area contributed by atoms with Crippen LogP contribution in [0.15, 0.2) is 164 Å². The summed E-state index contributed by atoms with van der Waals surface area (Å²) in [5, 5.41) is 10.1. The summed E-state index contributed by atoms with van der Waals surface area (Å²) >= 11 is 0. The van der Waals surface area contributed by atoms with E-state index in [1.165, 1.54) is 54.6 Å². The van der Waals surface area contributed by atoms with Gasteiger partial charge in [-0.3, -0.25) is 0 Å². The fourth-order valence-electron chi connectivity index (χ4n) is 7.17. The summed E-state index contributed by atoms with van der Waals surface area (Å²) in [5.74, 6) is 0.492. The third-order valence-electron chi connectivity index (χ3n) is 9.72. The first-order valence-electron chi connectivity index (χ1n) is 17.5. The molecule has 0 spiro atoms. The van der Waals surface area contributed by atoms with Crippen molar-refractivity contribution in [1.82, 2.24) is 4.57 Å². The van der Waals surface area contributed by atoms with Crippen LogP contribution in [0.1, 0.15) is 25.8 Å². The minimum absolute atomic E-state index is 0.492. The van der Waals surface area contributed by atoms with Crippen molar-refractivity contribution in [2.45, 2.75) is 20.3 Å². The fourth-order valence-corrected chi connectivity index (χ4v) is 7.17. The van der Waals surface area contributed by atoms with Gasteiger partial charge in [0.15, 0.2) is 0 Å². The van der Waals surface area contributed by atoms with Gasteiger partial charge in [-0.05, 0) is 106 Å². The highest BCUT2D eigenvalue weighted by Crippen LogP contribution is 2.34. The Morgan fingerprint density at radius 3 is 2.34 bits per heavy atom. The van der Waals surface area contributed by atoms with Gasteiger partial charge in [-0.25, -0.2) is 0 Å². The number of rotatable bonds is 8. The third kappa shape index (κ3) is 6.01. The van der Waals surface area contributed by atoms with Crippen molar-refractivity contribution in [2.24, 2.45) is 5.92 Å². The first kappa shape index (κ1) is 31.2. The van der Waals surface area contributed by atoms with E-state index >= 15 is 0 Å². The molecule has 0 saturated heterocycles. The van der Waals surface area contributed by atoms with Crippen LogP contribution in [-0.2, 0) is 0 Å². The van der Waals surface area contributed by atoms with Crippen molar-refractivity contribution in [3.63, 3.8) is 0 Å². The van der Waals surface area contributed by atoms with Crippen LogP contribution in [0, 0.1) is 5.92 Å². The number of aromatic nitrogens is 1. The lowest BCUT2D eigenvalue weighted by molar-refractivity contribution is 0.795. The Bertz CT molecular complexity index is 2580. The number of fused-ring (bicyclic) bond motifs is 4. The number of nitrogens with one attached hydrogen (secondary N) is 1. The standard InChI is InChI=1S/C48H40N2/c1-4-5-7-13-34(3)43-31-39(22-25-46(43)49-41-19-12-18-37(29-41)35-14-8-6-9-15-35)40-23-27-48-45(32-40)44-28-33(2)20-26-47(44)50(48)42-24-21-36-16-10-11-17-38(36)30-42/h4-19,21-33,49H,3,20H2,1-2H3/b5-4-,13-7-. The van der Waals surface area contributed by atoms with Gasteiger partial charge in [0.1, 0.15) is 0 Å². The molecule has 1 atom stereocenters. The number of anilines is 2. The molecule has 1 aromatic heterocycles. The van der Waals surface area contributed by atoms with Gasteiger partial charge in [0.2, 0.25) is 0 Å². The molecular formula is C48H40N2. The molecule has 2 nitrogen and oxygen atoms in total. The molecule has 7 aromatic rings. The van der Waals surface area contributed by atoms with E-state index < -0.39 is 0 Å². The molecule has 8 rings (SSSR count). The smallest absolute Gasteiger partial charge is 0.0541 e. The van der Waals surface area contributed by atoms with Crippen LogP contribution in [-0.4, -0.2) is 4.57 Å². The number of benzene rings is 6. The molecule has 0 amide bonds. The van der Waals surface area contributed by atoms with Crippen molar-refractivity contribution in [1.29, 1.82) is 0 Å². The van der Waals surface area contributed by atoms with Gasteiger partial charge in [0, 0.05) is 38.6 Å². The van der Waals surface area contributed by atoms with E-state index in [1.54, 1.807) is 0 Å². The van der Waals surface area contributed by atoms with E-state index in [1.807, 2.05) is 19.1 Å². The quantitative estimate of drug-likeness (QED) is 0.163. The second-order valence-electron chi connectivity index (χ2n) is 13.2. The Balaban J connectivity index is 1.23. The molecule has 0 aliphatic heterocycles. The van der Waals surface area contributed by atoms with Crippen molar-refractivity contribution in [3.05, 3.63) is 180 Å². The minimum atomic E-state index is 0.492. The first-order valence-corrected chi connectivity index (χ1v) is 17.5. The summed E-state index contributed by atoms with van der Waals surface area (Å²) in [7, 11) is 0. The molecule has 0 radical (unpaired) electrons. The Morgan fingerprint density at radius 2 is 1.48 bits per heavy atom. The predicted octanol–water partition coefficient (Wildman–Crippen LogP) is 11.6. The first-order chi connectivity index (χ1) is 24.6. The lowest BCUT2D eigenvalue weighted by Crippen LogP contribution is -2.31. The van der Waals surface area contributed by atoms with Crippen molar-refractivity contribution < 1.29 is 0 Å². The lowest BCUT2D eigenvalue weighted by Gasteiger charge is -2.16. The maximum Gasteiger partial charge on any atom is 0.0541 e. The molecule has 1 aliphatic rings. The number of nitrogens with zero attached hydrogens (tertiary/aromatic N) is 1. The molecule has 1 heterocycles. The van der Waals surface area contributed by atoms with Gasteiger partial charge in [-0.15, -0.1) is 0 Å². The van der Waals surface area contributed by atoms with Crippen molar-refractivity contribution in [2.75, 3.05) is 5.32 Å². The Kier molecular flexibility index (Phi) is 8.36. The largest absolute Gasteiger partial charge is 0.355 e. The average molecular weight is 645 g/mol. The summed E-state index contributed by atoms with van der Waals surface area (Å²) in [6.45, 7) is 8.83. The van der Waals surface area contributed by atoms with Gasteiger partial charge in [-0.2, -0.15) is 0 Å². The maximum atomic E-state index is 4.50. The summed E-state index contributed by atoms with van der Waals surface area (Å²) < 4.78 is 2.44. The second kappa shape index (κ2) is 13.4. The minimum Gasteiger partial charge on any atom is -0.355 e. The Hall–Kier alpha value is -6.12. The van der Waals surface area contributed by atoms with Gasteiger partial charge in [0.25, 0.3) is 0 Å². The lowest BCUT2D eigenvalue weighted by atomic mass is 9.96. The van der Waals surface area contributed by atoms with Gasteiger partial charge in [0.05, 0.1) is 5.52 Å². The highest BCUT2D eigenvalue weighted by atomic mass is 15.0. The zero-order valence-corrected chi connectivity index (χ0v) is 28.6. The normalized spacial score (nSPS) is 14.2. The molecular weight excluding hydrogens is 605 g/mol. The number of allylic oxidation sites excluding steroid dienone is 5. The van der Waals surface area contributed by atoms with Gasteiger partial charge < -0.3 is 9.88 Å². The van der Waals surface area contributed by atoms with Crippen molar-refractivity contribution in [3.8, 4) is 27.9 Å². The topological polar surface area (TPSA) is 17.0 Å². The molecule has 1 unspecified atom stereocenters. The van der Waals surface area contributed by atoms with E-state index in [4.69, 9.17) is 0 Å². The highest BCUT2D eigenvalue weighted by Gasteiger charge is 2.16. The molecule has 0 fully saturated rings. The van der Waals surface area contributed by atoms with E-state index in [0.29, 0.717) is 5.92 Å². The molecule has 242 valence electrons. The summed E-state index contributed by atoms with van der Waals surface area (Å²) in [4.78, 5) is 0. The molecule has 2 heteroatoms. The highest BCUT2D eigenvalue weighted by molar-refractivity contribution is 5.92. The Morgan fingerprint density at radius 1 is 0.720 bits per heavy atom. The van der Waals surface area contributed by atoms with E-state index in [-0.39, 0.29) is 0 Å². The monoisotopic (exact) mass is 644 g/mol. The Labute approximate surface area is 294 Å². The van der Waals surface area contributed by atoms with Crippen LogP contribution in [0.4, 0.5) is 11.4 Å². The van der Waals surface area contributed by atoms with Crippen LogP contribution in [0.5, 0.6) is 0 Å². The van der Waals surface area contributed by atoms with E-state index in [2.05, 4.69) is 181 Å². The number of hydrogen-bond acceptors (Lipinski definition) is 1. The zero-order chi connectivity index (χ0) is 34.0. The zero-order valence-electron chi connectivity index (χ0n) is 28.6. The molecule has 1 aliphatic carbocycles. The maximum absolute atomic E-state index is 4.50. The van der Waals surface area contributed by atoms with E-state index in [9.17, 15) is 0 Å². The van der Waals surface area contributed by atoms with Crippen LogP contribution >= 0.6 is 0 Å². The predicted molar refractivity (Wildman–Crippen MR) is 216 cm³/mol. The number of hydrogen-bond donors (Lipinski definition) is 1. The van der Waals surface area contributed by atoms with Crippen molar-refractivity contribution >= 4 is 50.8 Å². The molecule has 1 N–H and O–H groups in total. The SMILES string of the molecule is C=C(/C=C\C=C/C)c1cc(-c2ccc3c(c2)c2c(n3-c3ccc4ccccc4c3)=CCC(C)C=2)ccc1Nc1cccc(-c2ccccc2)c1. The molecule has 6 aromatic carbocycles.